The summed E-state index contributed by atoms with van der Waals surface area (Å²) in [4.78, 5) is 23.4. The minimum absolute atomic E-state index is 0.0300. The number of rotatable bonds is 3. The summed E-state index contributed by atoms with van der Waals surface area (Å²) < 4.78 is 0. The van der Waals surface area contributed by atoms with Crippen LogP contribution >= 0.6 is 0 Å². The van der Waals surface area contributed by atoms with Crippen LogP contribution in [0.25, 0.3) is 0 Å². The van der Waals surface area contributed by atoms with E-state index in [0.717, 1.165) is 0 Å². The van der Waals surface area contributed by atoms with Crippen LogP contribution in [0.5, 0.6) is 11.5 Å². The van der Waals surface area contributed by atoms with Gasteiger partial charge >= 0.3 is 0 Å². The molecule has 1 aromatic rings. The summed E-state index contributed by atoms with van der Waals surface area (Å²) in [6.07, 6.45) is 0.0739. The summed E-state index contributed by atoms with van der Waals surface area (Å²) in [5, 5.41) is 31.1. The lowest BCUT2D eigenvalue weighted by Gasteiger charge is -2.19. The molecule has 2 rings (SSSR count). The van der Waals surface area contributed by atoms with E-state index < -0.39 is 0 Å². The van der Waals surface area contributed by atoms with E-state index >= 15 is 0 Å². The molecule has 0 saturated carbocycles. The van der Waals surface area contributed by atoms with Gasteiger partial charge in [-0.25, -0.2) is 0 Å². The summed E-state index contributed by atoms with van der Waals surface area (Å²) in [5.74, 6) is -1.41. The number of hydrogen-bond donors (Lipinski definition) is 4. The second kappa shape index (κ2) is 4.66. The van der Waals surface area contributed by atoms with Gasteiger partial charge in [0.1, 0.15) is 11.5 Å². The Bertz CT molecular complexity index is 524. The molecule has 0 bridgehead atoms. The van der Waals surface area contributed by atoms with Crippen LogP contribution in [-0.2, 0) is 0 Å². The fourth-order valence-corrected chi connectivity index (χ4v) is 2.01. The summed E-state index contributed by atoms with van der Waals surface area (Å²) in [6.45, 7) is -0.00190. The lowest BCUT2D eigenvalue weighted by molar-refractivity contribution is 0.0885. The number of ketones is 2. The van der Waals surface area contributed by atoms with Crippen molar-refractivity contribution in [3.8, 4) is 11.5 Å². The standard InChI is InChI=1S/C12H13NO5/c14-4-3-13-6-5-9(17)10-7(15)1-2-8(16)11(10)12(6)18/h5,13-14,17-18H,1-4H2. The number of aliphatic hydroxyl groups excluding tert-OH is 1. The van der Waals surface area contributed by atoms with Crippen molar-refractivity contribution in [2.24, 2.45) is 0 Å². The average Bonchev–Trinajstić information content (AvgIpc) is 2.34. The third kappa shape index (κ3) is 1.91. The van der Waals surface area contributed by atoms with Crippen LogP contribution in [0.3, 0.4) is 0 Å². The molecule has 1 aliphatic carbocycles. The van der Waals surface area contributed by atoms with Gasteiger partial charge in [0.2, 0.25) is 0 Å². The minimum atomic E-state index is -0.370. The van der Waals surface area contributed by atoms with E-state index in [9.17, 15) is 19.8 Å². The Morgan fingerprint density at radius 2 is 1.72 bits per heavy atom. The summed E-state index contributed by atoms with van der Waals surface area (Å²) in [7, 11) is 0. The van der Waals surface area contributed by atoms with Crippen molar-refractivity contribution in [2.45, 2.75) is 12.8 Å². The number of aromatic hydroxyl groups is 2. The van der Waals surface area contributed by atoms with Gasteiger partial charge in [0, 0.05) is 25.5 Å². The second-order valence-electron chi connectivity index (χ2n) is 4.04. The highest BCUT2D eigenvalue weighted by atomic mass is 16.3. The molecule has 0 aromatic heterocycles. The number of aliphatic hydroxyl groups is 1. The maximum absolute atomic E-state index is 11.7. The van der Waals surface area contributed by atoms with E-state index in [0.29, 0.717) is 0 Å². The molecule has 0 atom stereocenters. The van der Waals surface area contributed by atoms with Gasteiger partial charge in [0.25, 0.3) is 0 Å². The second-order valence-corrected chi connectivity index (χ2v) is 4.04. The Hall–Kier alpha value is -2.08. The molecule has 96 valence electrons. The molecule has 0 unspecified atom stereocenters. The number of phenols is 2. The largest absolute Gasteiger partial charge is 0.507 e. The van der Waals surface area contributed by atoms with E-state index in [1.54, 1.807) is 0 Å². The van der Waals surface area contributed by atoms with E-state index in [-0.39, 0.29) is 65.9 Å². The van der Waals surface area contributed by atoms with Crippen molar-refractivity contribution in [2.75, 3.05) is 18.5 Å². The molecule has 18 heavy (non-hydrogen) atoms. The van der Waals surface area contributed by atoms with Crippen LogP contribution < -0.4 is 5.32 Å². The maximum atomic E-state index is 11.7. The van der Waals surface area contributed by atoms with Gasteiger partial charge in [0.15, 0.2) is 11.6 Å². The fraction of sp³-hybridized carbons (Fsp3) is 0.333. The zero-order chi connectivity index (χ0) is 13.3. The molecule has 0 fully saturated rings. The van der Waals surface area contributed by atoms with Crippen LogP contribution in [0.4, 0.5) is 5.69 Å². The SMILES string of the molecule is O=C1CCC(=O)c2c(O)c(NCCO)cc(O)c21. The first kappa shape index (κ1) is 12.4. The van der Waals surface area contributed by atoms with Crippen LogP contribution in [0.2, 0.25) is 0 Å². The molecule has 0 radical (unpaired) electrons. The van der Waals surface area contributed by atoms with Gasteiger partial charge in [-0.2, -0.15) is 0 Å². The summed E-state index contributed by atoms with van der Waals surface area (Å²) in [6, 6.07) is 1.18. The molecule has 0 spiro atoms. The molecule has 0 saturated heterocycles. The average molecular weight is 251 g/mol. The van der Waals surface area contributed by atoms with Gasteiger partial charge in [-0.3, -0.25) is 9.59 Å². The third-order valence-corrected chi connectivity index (χ3v) is 2.84. The first-order valence-corrected chi connectivity index (χ1v) is 5.56. The van der Waals surface area contributed by atoms with Gasteiger partial charge in [-0.15, -0.1) is 0 Å². The smallest absolute Gasteiger partial charge is 0.168 e. The van der Waals surface area contributed by atoms with E-state index in [4.69, 9.17) is 5.11 Å². The topological polar surface area (TPSA) is 107 Å². The molecule has 6 nitrogen and oxygen atoms in total. The molecule has 0 aliphatic heterocycles. The predicted octanol–water partition coefficient (Wildman–Crippen LogP) is 0.661. The number of hydrogen-bond acceptors (Lipinski definition) is 6. The fourth-order valence-electron chi connectivity index (χ4n) is 2.01. The predicted molar refractivity (Wildman–Crippen MR) is 63.2 cm³/mol. The van der Waals surface area contributed by atoms with Gasteiger partial charge in [-0.1, -0.05) is 0 Å². The minimum Gasteiger partial charge on any atom is -0.507 e. The number of benzene rings is 1. The zero-order valence-corrected chi connectivity index (χ0v) is 9.56. The molecule has 1 aromatic carbocycles. The Labute approximate surface area is 103 Å². The third-order valence-electron chi connectivity index (χ3n) is 2.84. The van der Waals surface area contributed by atoms with Crippen molar-refractivity contribution in [1.82, 2.24) is 0 Å². The molecule has 1 aliphatic rings. The maximum Gasteiger partial charge on any atom is 0.168 e. The lowest BCUT2D eigenvalue weighted by atomic mass is 9.87. The Morgan fingerprint density at radius 3 is 2.33 bits per heavy atom. The molecule has 4 N–H and O–H groups in total. The zero-order valence-electron chi connectivity index (χ0n) is 9.56. The van der Waals surface area contributed by atoms with Crippen molar-refractivity contribution in [1.29, 1.82) is 0 Å². The summed E-state index contributed by atoms with van der Waals surface area (Å²) in [5.41, 5.74) is -0.117. The Morgan fingerprint density at radius 1 is 1.11 bits per heavy atom. The van der Waals surface area contributed by atoms with E-state index in [1.807, 2.05) is 0 Å². The lowest BCUT2D eigenvalue weighted by Crippen LogP contribution is -2.18. The summed E-state index contributed by atoms with van der Waals surface area (Å²) >= 11 is 0. The van der Waals surface area contributed by atoms with E-state index in [1.165, 1.54) is 6.07 Å². The van der Waals surface area contributed by atoms with Crippen molar-refractivity contribution in [3.05, 3.63) is 17.2 Å². The van der Waals surface area contributed by atoms with Gasteiger partial charge in [0.05, 0.1) is 23.4 Å². The monoisotopic (exact) mass is 251 g/mol. The van der Waals surface area contributed by atoms with Gasteiger partial charge < -0.3 is 20.6 Å². The molecular weight excluding hydrogens is 238 g/mol. The van der Waals surface area contributed by atoms with Crippen LogP contribution in [0.15, 0.2) is 6.07 Å². The van der Waals surface area contributed by atoms with Crippen molar-refractivity contribution < 1.29 is 24.9 Å². The number of phenolic OH excluding ortho intramolecular Hbond substituents is 2. The molecule has 0 heterocycles. The van der Waals surface area contributed by atoms with Crippen molar-refractivity contribution in [3.63, 3.8) is 0 Å². The van der Waals surface area contributed by atoms with Gasteiger partial charge in [-0.05, 0) is 0 Å². The first-order chi connectivity index (χ1) is 8.56. The quantitative estimate of drug-likeness (QED) is 0.464. The number of carbonyl (C=O) groups is 2. The Kier molecular flexibility index (Phi) is 3.20. The van der Waals surface area contributed by atoms with Crippen LogP contribution in [-0.4, -0.2) is 40.0 Å². The first-order valence-electron chi connectivity index (χ1n) is 5.56. The van der Waals surface area contributed by atoms with Crippen LogP contribution in [0.1, 0.15) is 33.6 Å². The number of fused-ring (bicyclic) bond motifs is 1. The van der Waals surface area contributed by atoms with Crippen molar-refractivity contribution >= 4 is 17.3 Å². The molecular formula is C12H13NO5. The normalized spacial score (nSPS) is 14.5. The highest BCUT2D eigenvalue weighted by Crippen LogP contribution is 2.40. The number of anilines is 1. The number of nitrogens with one attached hydrogen (secondary N) is 1. The highest BCUT2D eigenvalue weighted by Gasteiger charge is 2.31. The highest BCUT2D eigenvalue weighted by molar-refractivity contribution is 6.17. The number of Topliss-reactive ketones (excluding diaryl/α,β-unsaturated/α-hetero) is 2. The number of carbonyl (C=O) groups excluding carboxylic acids is 2. The molecule has 0 amide bonds. The Balaban J connectivity index is 2.57. The van der Waals surface area contributed by atoms with Crippen LogP contribution in [0, 0.1) is 0 Å². The molecule has 6 heteroatoms. The van der Waals surface area contributed by atoms with E-state index in [2.05, 4.69) is 5.32 Å².